The van der Waals surface area contributed by atoms with E-state index in [9.17, 15) is 9.59 Å². The third kappa shape index (κ3) is 7.40. The maximum absolute atomic E-state index is 12.1. The van der Waals surface area contributed by atoms with Crippen molar-refractivity contribution in [3.05, 3.63) is 84.2 Å². The fraction of sp³-hybridized carbons (Fsp3) is 0.240. The molecular weight excluding hydrogens is 438 g/mol. The van der Waals surface area contributed by atoms with Crippen molar-refractivity contribution in [2.75, 3.05) is 19.0 Å². The molecule has 0 radical (unpaired) electrons. The summed E-state index contributed by atoms with van der Waals surface area (Å²) in [5.74, 6) is 0.142. The Balaban J connectivity index is 1.41. The van der Waals surface area contributed by atoms with Crippen LogP contribution in [0.15, 0.2) is 73.1 Å². The molecule has 3 aromatic rings. The van der Waals surface area contributed by atoms with Crippen LogP contribution < -0.4 is 19.8 Å². The number of alkyl carbamates (subject to hydrolysis) is 1. The Bertz CT molecular complexity index is 1070. The average molecular weight is 466 g/mol. The summed E-state index contributed by atoms with van der Waals surface area (Å²) in [7, 11) is 3.91. The largest absolute Gasteiger partial charge is 0.489 e. The number of benzene rings is 2. The van der Waals surface area contributed by atoms with Gasteiger partial charge >= 0.3 is 12.1 Å². The zero-order valence-electron chi connectivity index (χ0n) is 19.3. The Morgan fingerprint density at radius 3 is 2.38 bits per heavy atom. The van der Waals surface area contributed by atoms with E-state index in [1.807, 2.05) is 55.4 Å². The summed E-state index contributed by atoms with van der Waals surface area (Å²) in [6.07, 6.45) is 2.76. The maximum Gasteiger partial charge on any atom is 0.408 e. The van der Waals surface area contributed by atoms with E-state index in [1.165, 1.54) is 6.92 Å². The number of hydrogen-bond acceptors (Lipinski definition) is 8. The van der Waals surface area contributed by atoms with Gasteiger partial charge in [0.25, 0.3) is 0 Å². The van der Waals surface area contributed by atoms with Crippen molar-refractivity contribution in [2.45, 2.75) is 26.2 Å². The van der Waals surface area contributed by atoms with Gasteiger partial charge in [-0.3, -0.25) is 9.87 Å². The number of nitrogens with one attached hydrogen (secondary N) is 1. The Morgan fingerprint density at radius 1 is 0.971 bits per heavy atom. The van der Waals surface area contributed by atoms with Crippen LogP contribution in [-0.4, -0.2) is 37.2 Å². The van der Waals surface area contributed by atoms with Crippen LogP contribution in [0.25, 0.3) is 0 Å². The van der Waals surface area contributed by atoms with E-state index >= 15 is 0 Å². The molecule has 1 amide bonds. The standard InChI is InChI=1S/C25H27N3O6/c1-18(27-25(30)32-16-19-7-5-4-6-8-19)24(29)34-33-22-11-9-21(10-12-22)31-17-20-15-26-14-13-23(20)28(2)3/h4-15,18H,16-17H2,1-3H3,(H,27,30). The lowest BCUT2D eigenvalue weighted by molar-refractivity contribution is -0.215. The third-order valence-corrected chi connectivity index (χ3v) is 4.70. The molecule has 1 heterocycles. The van der Waals surface area contributed by atoms with E-state index in [4.69, 9.17) is 19.2 Å². The molecule has 3 rings (SSSR count). The molecular formula is C25H27N3O6. The van der Waals surface area contributed by atoms with E-state index in [-0.39, 0.29) is 6.61 Å². The summed E-state index contributed by atoms with van der Waals surface area (Å²) in [6, 6.07) is 16.8. The Labute approximate surface area is 198 Å². The number of carbonyl (C=O) groups is 2. The first-order valence-electron chi connectivity index (χ1n) is 10.6. The van der Waals surface area contributed by atoms with Gasteiger partial charge in [-0.1, -0.05) is 30.3 Å². The number of amides is 1. The molecule has 9 nitrogen and oxygen atoms in total. The number of ether oxygens (including phenoxy) is 2. The second kappa shape index (κ2) is 12.1. The highest BCUT2D eigenvalue weighted by atomic mass is 17.2. The monoisotopic (exact) mass is 465 g/mol. The second-order valence-corrected chi connectivity index (χ2v) is 7.57. The van der Waals surface area contributed by atoms with E-state index in [0.717, 1.165) is 16.8 Å². The molecule has 0 aliphatic heterocycles. The van der Waals surface area contributed by atoms with Crippen molar-refractivity contribution in [1.82, 2.24) is 10.3 Å². The first-order chi connectivity index (χ1) is 16.4. The van der Waals surface area contributed by atoms with E-state index < -0.39 is 18.1 Å². The number of carbonyl (C=O) groups excluding carboxylic acids is 2. The van der Waals surface area contributed by atoms with Crippen molar-refractivity contribution in [2.24, 2.45) is 0 Å². The number of nitrogens with zero attached hydrogens (tertiary/aromatic N) is 2. The number of hydrogen-bond donors (Lipinski definition) is 1. The number of aromatic nitrogens is 1. The smallest absolute Gasteiger partial charge is 0.408 e. The first-order valence-corrected chi connectivity index (χ1v) is 10.6. The number of anilines is 1. The van der Waals surface area contributed by atoms with Gasteiger partial charge in [-0.25, -0.2) is 14.5 Å². The third-order valence-electron chi connectivity index (χ3n) is 4.70. The van der Waals surface area contributed by atoms with Crippen LogP contribution in [0.3, 0.4) is 0 Å². The van der Waals surface area contributed by atoms with E-state index in [2.05, 4.69) is 10.3 Å². The van der Waals surface area contributed by atoms with Gasteiger partial charge < -0.3 is 19.7 Å². The van der Waals surface area contributed by atoms with Gasteiger partial charge in [-0.15, -0.1) is 0 Å². The quantitative estimate of drug-likeness (QED) is 0.356. The molecule has 0 saturated carbocycles. The predicted molar refractivity (Wildman–Crippen MR) is 125 cm³/mol. The molecule has 1 N–H and O–H groups in total. The molecule has 0 spiro atoms. The van der Waals surface area contributed by atoms with Crippen molar-refractivity contribution in [1.29, 1.82) is 0 Å². The minimum absolute atomic E-state index is 0.0939. The van der Waals surface area contributed by atoms with Gasteiger partial charge in [0, 0.05) is 37.7 Å². The van der Waals surface area contributed by atoms with Gasteiger partial charge in [0.15, 0.2) is 5.75 Å². The highest BCUT2D eigenvalue weighted by molar-refractivity contribution is 5.80. The molecule has 0 aliphatic rings. The molecule has 1 aromatic heterocycles. The van der Waals surface area contributed by atoms with E-state index in [0.29, 0.717) is 18.1 Å². The fourth-order valence-corrected chi connectivity index (χ4v) is 2.88. The zero-order valence-corrected chi connectivity index (χ0v) is 19.3. The molecule has 0 aliphatic carbocycles. The molecule has 34 heavy (non-hydrogen) atoms. The van der Waals surface area contributed by atoms with Crippen LogP contribution in [0, 0.1) is 0 Å². The summed E-state index contributed by atoms with van der Waals surface area (Å²) in [6.45, 7) is 1.91. The number of pyridine rings is 1. The molecule has 0 bridgehead atoms. The first kappa shape index (κ1) is 24.4. The minimum Gasteiger partial charge on any atom is -0.489 e. The summed E-state index contributed by atoms with van der Waals surface area (Å²) in [4.78, 5) is 39.9. The summed E-state index contributed by atoms with van der Waals surface area (Å²) in [5.41, 5.74) is 2.81. The summed E-state index contributed by atoms with van der Waals surface area (Å²) in [5, 5.41) is 2.40. The Hall–Kier alpha value is -4.27. The second-order valence-electron chi connectivity index (χ2n) is 7.57. The van der Waals surface area contributed by atoms with Crippen LogP contribution in [0.1, 0.15) is 18.1 Å². The fourth-order valence-electron chi connectivity index (χ4n) is 2.88. The van der Waals surface area contributed by atoms with Crippen molar-refractivity contribution < 1.29 is 28.8 Å². The van der Waals surface area contributed by atoms with Crippen LogP contribution in [0.5, 0.6) is 11.5 Å². The lowest BCUT2D eigenvalue weighted by Crippen LogP contribution is -2.40. The van der Waals surface area contributed by atoms with Crippen LogP contribution in [0.2, 0.25) is 0 Å². The minimum atomic E-state index is -0.962. The molecule has 178 valence electrons. The zero-order chi connectivity index (χ0) is 24.3. The SMILES string of the molecule is CC(NC(=O)OCc1ccccc1)C(=O)OOc1ccc(OCc2cnccc2N(C)C)cc1. The highest BCUT2D eigenvalue weighted by Crippen LogP contribution is 2.22. The van der Waals surface area contributed by atoms with Gasteiger partial charge in [0.05, 0.1) is 0 Å². The Kier molecular flexibility index (Phi) is 8.67. The van der Waals surface area contributed by atoms with E-state index in [1.54, 1.807) is 36.7 Å². The van der Waals surface area contributed by atoms with Crippen molar-refractivity contribution in [3.8, 4) is 11.5 Å². The number of rotatable bonds is 10. The molecule has 0 saturated heterocycles. The summed E-state index contributed by atoms with van der Waals surface area (Å²) >= 11 is 0. The van der Waals surface area contributed by atoms with Gasteiger partial charge in [0.1, 0.15) is 25.0 Å². The van der Waals surface area contributed by atoms with Gasteiger partial charge in [-0.05, 0) is 42.8 Å². The summed E-state index contributed by atoms with van der Waals surface area (Å²) < 4.78 is 10.9. The van der Waals surface area contributed by atoms with Crippen molar-refractivity contribution in [3.63, 3.8) is 0 Å². The normalized spacial score (nSPS) is 11.1. The van der Waals surface area contributed by atoms with Crippen molar-refractivity contribution >= 4 is 17.7 Å². The molecule has 1 unspecified atom stereocenters. The van der Waals surface area contributed by atoms with Crippen LogP contribution in [-0.2, 0) is 27.6 Å². The highest BCUT2D eigenvalue weighted by Gasteiger charge is 2.19. The molecule has 9 heteroatoms. The lowest BCUT2D eigenvalue weighted by atomic mass is 10.2. The molecule has 1 atom stereocenters. The average Bonchev–Trinajstić information content (AvgIpc) is 2.86. The van der Waals surface area contributed by atoms with Gasteiger partial charge in [-0.2, -0.15) is 0 Å². The van der Waals surface area contributed by atoms with Crippen LogP contribution in [0.4, 0.5) is 10.5 Å². The topological polar surface area (TPSA) is 99.2 Å². The molecule has 0 fully saturated rings. The maximum atomic E-state index is 12.1. The molecule has 2 aromatic carbocycles. The Morgan fingerprint density at radius 2 is 1.68 bits per heavy atom. The van der Waals surface area contributed by atoms with Crippen LogP contribution >= 0.6 is 0 Å². The predicted octanol–water partition coefficient (Wildman–Crippen LogP) is 3.88. The lowest BCUT2D eigenvalue weighted by Gasteiger charge is -2.17. The van der Waals surface area contributed by atoms with Gasteiger partial charge in [0.2, 0.25) is 0 Å².